The van der Waals surface area contributed by atoms with E-state index in [9.17, 15) is 9.59 Å². The maximum absolute atomic E-state index is 11.5. The summed E-state index contributed by atoms with van der Waals surface area (Å²) in [6.07, 6.45) is 2.57. The highest BCUT2D eigenvalue weighted by Gasteiger charge is 2.29. The second-order valence-electron chi connectivity index (χ2n) is 5.49. The summed E-state index contributed by atoms with van der Waals surface area (Å²) >= 11 is 0. The topological polar surface area (TPSA) is 55.4 Å². The summed E-state index contributed by atoms with van der Waals surface area (Å²) in [4.78, 5) is 22.8. The maximum atomic E-state index is 11.5. The highest BCUT2D eigenvalue weighted by molar-refractivity contribution is 5.85. The third-order valence-corrected chi connectivity index (χ3v) is 2.45. The number of rotatable bonds is 4. The molecule has 1 saturated carbocycles. The van der Waals surface area contributed by atoms with Gasteiger partial charge in [-0.05, 0) is 40.0 Å². The van der Waals surface area contributed by atoms with Crippen molar-refractivity contribution in [2.45, 2.75) is 58.6 Å². The van der Waals surface area contributed by atoms with Gasteiger partial charge in [0, 0.05) is 0 Å². The first kappa shape index (κ1) is 13.0. The predicted octanol–water partition coefficient (Wildman–Crippen LogP) is 2.27. The highest BCUT2D eigenvalue weighted by atomic mass is 16.6. The fourth-order valence-electron chi connectivity index (χ4n) is 1.46. The molecule has 1 aliphatic rings. The van der Waals surface area contributed by atoms with Gasteiger partial charge in [-0.1, -0.05) is 12.8 Å². The van der Waals surface area contributed by atoms with E-state index in [2.05, 4.69) is 5.32 Å². The van der Waals surface area contributed by atoms with Crippen molar-refractivity contribution in [3.05, 3.63) is 0 Å². The Labute approximate surface area is 96.7 Å². The molecular weight excluding hydrogens is 206 g/mol. The molecule has 1 fully saturated rings. The summed E-state index contributed by atoms with van der Waals surface area (Å²) < 4.78 is 5.12. The van der Waals surface area contributed by atoms with Crippen LogP contribution < -0.4 is 5.32 Å². The lowest BCUT2D eigenvalue weighted by atomic mass is 10.1. The van der Waals surface area contributed by atoms with Crippen molar-refractivity contribution in [2.75, 3.05) is 0 Å². The lowest BCUT2D eigenvalue weighted by Crippen LogP contribution is -2.42. The summed E-state index contributed by atoms with van der Waals surface area (Å²) in [6, 6.07) is -0.387. The van der Waals surface area contributed by atoms with Crippen LogP contribution in [0.1, 0.15) is 47.0 Å². The van der Waals surface area contributed by atoms with Crippen LogP contribution in [0.3, 0.4) is 0 Å². The summed E-state index contributed by atoms with van der Waals surface area (Å²) in [5.74, 6) is 0.599. The van der Waals surface area contributed by atoms with Gasteiger partial charge < -0.3 is 10.1 Å². The third-order valence-electron chi connectivity index (χ3n) is 2.45. The molecule has 4 nitrogen and oxygen atoms in total. The molecule has 0 radical (unpaired) electrons. The maximum Gasteiger partial charge on any atom is 0.408 e. The number of hydrogen-bond acceptors (Lipinski definition) is 3. The molecular formula is C12H21NO3. The van der Waals surface area contributed by atoms with Gasteiger partial charge in [-0.25, -0.2) is 4.79 Å². The number of alkyl carbamates (subject to hydrolysis) is 1. The number of nitrogens with one attached hydrogen (secondary N) is 1. The summed E-state index contributed by atoms with van der Waals surface area (Å²) in [6.45, 7) is 6.91. The van der Waals surface area contributed by atoms with Crippen molar-refractivity contribution < 1.29 is 14.3 Å². The van der Waals surface area contributed by atoms with E-state index in [4.69, 9.17) is 4.74 Å². The fraction of sp³-hybridized carbons (Fsp3) is 0.833. The van der Waals surface area contributed by atoms with Crippen molar-refractivity contribution in [1.82, 2.24) is 5.32 Å². The minimum Gasteiger partial charge on any atom is -0.444 e. The van der Waals surface area contributed by atoms with Crippen LogP contribution in [0.25, 0.3) is 0 Å². The van der Waals surface area contributed by atoms with Gasteiger partial charge in [0.1, 0.15) is 5.60 Å². The van der Waals surface area contributed by atoms with Gasteiger partial charge in [0.25, 0.3) is 0 Å². The molecule has 0 bridgehead atoms. The largest absolute Gasteiger partial charge is 0.444 e. The van der Waals surface area contributed by atoms with Gasteiger partial charge in [0.05, 0.1) is 6.04 Å². The van der Waals surface area contributed by atoms with Crippen LogP contribution in [0.15, 0.2) is 0 Å². The smallest absolute Gasteiger partial charge is 0.408 e. The Kier molecular flexibility index (Phi) is 3.94. The van der Waals surface area contributed by atoms with Crippen molar-refractivity contribution >= 4 is 11.9 Å². The number of ketones is 1. The molecule has 0 saturated heterocycles. The molecule has 0 aromatic heterocycles. The second-order valence-corrected chi connectivity index (χ2v) is 5.49. The van der Waals surface area contributed by atoms with Crippen LogP contribution in [0.2, 0.25) is 0 Å². The van der Waals surface area contributed by atoms with Crippen LogP contribution in [-0.4, -0.2) is 23.5 Å². The van der Waals surface area contributed by atoms with Gasteiger partial charge in [0.15, 0.2) is 5.78 Å². The Bertz CT molecular complexity index is 276. The third kappa shape index (κ3) is 5.14. The Balaban J connectivity index is 2.41. The highest BCUT2D eigenvalue weighted by Crippen LogP contribution is 2.33. The van der Waals surface area contributed by atoms with Gasteiger partial charge in [0.2, 0.25) is 0 Å². The molecule has 1 unspecified atom stereocenters. The van der Waals surface area contributed by atoms with Crippen molar-refractivity contribution in [3.63, 3.8) is 0 Å². The number of carbonyl (C=O) groups is 2. The standard InChI is InChI=1S/C12H21NO3/c1-8(14)10(7-9-5-6-9)13-11(15)16-12(2,3)4/h9-10H,5-7H2,1-4H3,(H,13,15). The first-order chi connectivity index (χ1) is 7.28. The van der Waals surface area contributed by atoms with Crippen LogP contribution in [0.4, 0.5) is 4.79 Å². The molecule has 1 aliphatic carbocycles. The van der Waals surface area contributed by atoms with Gasteiger partial charge >= 0.3 is 6.09 Å². The molecule has 4 heteroatoms. The van der Waals surface area contributed by atoms with Crippen LogP contribution in [0, 0.1) is 5.92 Å². The number of hydrogen-bond donors (Lipinski definition) is 1. The number of Topliss-reactive ketones (excluding diaryl/α,β-unsaturated/α-hetero) is 1. The van der Waals surface area contributed by atoms with E-state index in [-0.39, 0.29) is 11.8 Å². The van der Waals surface area contributed by atoms with Crippen molar-refractivity contribution in [3.8, 4) is 0 Å². The second kappa shape index (κ2) is 4.85. The normalized spacial score (nSPS) is 17.8. The van der Waals surface area contributed by atoms with Gasteiger partial charge in [-0.3, -0.25) is 4.79 Å². The Hall–Kier alpha value is -1.06. The van der Waals surface area contributed by atoms with Crippen molar-refractivity contribution in [2.24, 2.45) is 5.92 Å². The van der Waals surface area contributed by atoms with Gasteiger partial charge in [-0.2, -0.15) is 0 Å². The molecule has 0 heterocycles. The average Bonchev–Trinajstić information content (AvgIpc) is 2.82. The van der Waals surface area contributed by atoms with E-state index >= 15 is 0 Å². The zero-order valence-electron chi connectivity index (χ0n) is 10.5. The number of ether oxygens (including phenoxy) is 1. The molecule has 0 aromatic carbocycles. The molecule has 92 valence electrons. The summed E-state index contributed by atoms with van der Waals surface area (Å²) in [5, 5.41) is 2.63. The van der Waals surface area contributed by atoms with E-state index in [1.807, 2.05) is 0 Å². The minimum atomic E-state index is -0.523. The quantitative estimate of drug-likeness (QED) is 0.801. The summed E-state index contributed by atoms with van der Waals surface area (Å²) in [5.41, 5.74) is -0.523. The minimum absolute atomic E-state index is 0.00207. The zero-order valence-corrected chi connectivity index (χ0v) is 10.5. The first-order valence-corrected chi connectivity index (χ1v) is 5.78. The molecule has 1 rings (SSSR count). The monoisotopic (exact) mass is 227 g/mol. The molecule has 1 atom stereocenters. The van der Waals surface area contributed by atoms with Gasteiger partial charge in [-0.15, -0.1) is 0 Å². The molecule has 0 aromatic rings. The van der Waals surface area contributed by atoms with Crippen molar-refractivity contribution in [1.29, 1.82) is 0 Å². The lowest BCUT2D eigenvalue weighted by Gasteiger charge is -2.22. The zero-order chi connectivity index (χ0) is 12.3. The van der Waals surface area contributed by atoms with E-state index in [1.54, 1.807) is 20.8 Å². The van der Waals surface area contributed by atoms with E-state index in [0.717, 1.165) is 6.42 Å². The number of amides is 1. The van der Waals surface area contributed by atoms with Crippen LogP contribution in [-0.2, 0) is 9.53 Å². The summed E-state index contributed by atoms with van der Waals surface area (Å²) in [7, 11) is 0. The predicted molar refractivity (Wildman–Crippen MR) is 61.2 cm³/mol. The average molecular weight is 227 g/mol. The molecule has 1 amide bonds. The lowest BCUT2D eigenvalue weighted by molar-refractivity contribution is -0.119. The van der Waals surface area contributed by atoms with Crippen LogP contribution in [0.5, 0.6) is 0 Å². The Morgan fingerprint density at radius 3 is 2.31 bits per heavy atom. The van der Waals surface area contributed by atoms with E-state index < -0.39 is 11.7 Å². The molecule has 1 N–H and O–H groups in total. The first-order valence-electron chi connectivity index (χ1n) is 5.78. The van der Waals surface area contributed by atoms with E-state index in [0.29, 0.717) is 5.92 Å². The number of carbonyl (C=O) groups excluding carboxylic acids is 2. The Morgan fingerprint density at radius 1 is 1.38 bits per heavy atom. The Morgan fingerprint density at radius 2 is 1.94 bits per heavy atom. The molecule has 0 aliphatic heterocycles. The fourth-order valence-corrected chi connectivity index (χ4v) is 1.46. The van der Waals surface area contributed by atoms with Crippen LogP contribution >= 0.6 is 0 Å². The molecule has 0 spiro atoms. The molecule has 16 heavy (non-hydrogen) atoms. The van der Waals surface area contributed by atoms with E-state index in [1.165, 1.54) is 19.8 Å². The SMILES string of the molecule is CC(=O)C(CC1CC1)NC(=O)OC(C)(C)C.